The van der Waals surface area contributed by atoms with Crippen molar-refractivity contribution in [2.45, 2.75) is 6.92 Å². The summed E-state index contributed by atoms with van der Waals surface area (Å²) in [4.78, 5) is 16.1. The fourth-order valence-electron chi connectivity index (χ4n) is 2.86. The summed E-state index contributed by atoms with van der Waals surface area (Å²) in [7, 11) is 0. The van der Waals surface area contributed by atoms with E-state index in [1.807, 2.05) is 36.6 Å². The topological polar surface area (TPSA) is 78.9 Å². The number of thiazole rings is 1. The quantitative estimate of drug-likeness (QED) is 0.331. The Hall–Kier alpha value is -3.40. The largest absolute Gasteiger partial charge is 0.423 e. The Morgan fingerprint density at radius 3 is 2.79 bits per heavy atom. The number of aromatic nitrogens is 1. The second-order valence-corrected chi connectivity index (χ2v) is 7.61. The molecule has 7 heteroatoms. The van der Waals surface area contributed by atoms with Gasteiger partial charge in [-0.1, -0.05) is 23.7 Å². The van der Waals surface area contributed by atoms with Crippen LogP contribution in [0.1, 0.15) is 10.6 Å². The zero-order valence-corrected chi connectivity index (χ0v) is 16.8. The van der Waals surface area contributed by atoms with Crippen LogP contribution in [-0.4, -0.2) is 4.98 Å². The second kappa shape index (κ2) is 7.92. The molecule has 0 spiro atoms. The molecule has 1 N–H and O–H groups in total. The molecule has 4 rings (SSSR count). The first-order chi connectivity index (χ1) is 14.0. The first-order valence-corrected chi connectivity index (χ1v) is 9.92. The van der Waals surface area contributed by atoms with Crippen LogP contribution in [0, 0.1) is 18.3 Å². The fraction of sp³-hybridized carbons (Fsp3) is 0.0455. The Morgan fingerprint density at radius 2 is 2.03 bits per heavy atom. The summed E-state index contributed by atoms with van der Waals surface area (Å²) in [6, 6.07) is 16.5. The van der Waals surface area contributed by atoms with E-state index in [0.717, 1.165) is 22.2 Å². The first kappa shape index (κ1) is 18.9. The maximum atomic E-state index is 11.6. The van der Waals surface area contributed by atoms with E-state index in [4.69, 9.17) is 16.0 Å². The monoisotopic (exact) mass is 419 g/mol. The molecule has 0 saturated heterocycles. The summed E-state index contributed by atoms with van der Waals surface area (Å²) in [6.45, 7) is 1.86. The van der Waals surface area contributed by atoms with Crippen LogP contribution in [0.15, 0.2) is 69.3 Å². The van der Waals surface area contributed by atoms with Crippen molar-refractivity contribution in [2.24, 2.45) is 0 Å². The average Bonchev–Trinajstić information content (AvgIpc) is 3.18. The SMILES string of the molecule is Cc1cc(=O)oc2cc(N/C=C(/C#N)c3nc(-c4ccc(Cl)cc4)cs3)ccc12. The third kappa shape index (κ3) is 4.06. The minimum Gasteiger partial charge on any atom is -0.423 e. The maximum absolute atomic E-state index is 11.6. The Morgan fingerprint density at radius 1 is 1.24 bits per heavy atom. The summed E-state index contributed by atoms with van der Waals surface area (Å²) in [5.74, 6) is 0. The van der Waals surface area contributed by atoms with E-state index >= 15 is 0 Å². The summed E-state index contributed by atoms with van der Waals surface area (Å²) < 4.78 is 5.26. The molecule has 0 aliphatic rings. The van der Waals surface area contributed by atoms with Crippen LogP contribution in [0.5, 0.6) is 0 Å². The van der Waals surface area contributed by atoms with Gasteiger partial charge in [-0.15, -0.1) is 11.3 Å². The van der Waals surface area contributed by atoms with Crippen molar-refractivity contribution in [3.63, 3.8) is 0 Å². The molecule has 142 valence electrons. The first-order valence-electron chi connectivity index (χ1n) is 8.66. The molecular weight excluding hydrogens is 406 g/mol. The van der Waals surface area contributed by atoms with Crippen molar-refractivity contribution < 1.29 is 4.42 Å². The molecular formula is C22H14ClN3O2S. The van der Waals surface area contributed by atoms with Gasteiger partial charge in [-0.3, -0.25) is 0 Å². The third-order valence-electron chi connectivity index (χ3n) is 4.33. The Labute approximate surface area is 175 Å². The molecule has 5 nitrogen and oxygen atoms in total. The highest BCUT2D eigenvalue weighted by molar-refractivity contribution is 7.11. The van der Waals surface area contributed by atoms with Crippen molar-refractivity contribution in [1.29, 1.82) is 5.26 Å². The minimum atomic E-state index is -0.391. The predicted octanol–water partition coefficient (Wildman–Crippen LogP) is 5.85. The molecule has 0 amide bonds. The third-order valence-corrected chi connectivity index (χ3v) is 5.46. The molecule has 0 atom stereocenters. The summed E-state index contributed by atoms with van der Waals surface area (Å²) in [6.07, 6.45) is 1.60. The van der Waals surface area contributed by atoms with Crippen LogP contribution >= 0.6 is 22.9 Å². The van der Waals surface area contributed by atoms with Crippen LogP contribution in [0.2, 0.25) is 5.02 Å². The van der Waals surface area contributed by atoms with Gasteiger partial charge in [0.1, 0.15) is 22.2 Å². The zero-order chi connectivity index (χ0) is 20.4. The fourth-order valence-corrected chi connectivity index (χ4v) is 3.78. The van der Waals surface area contributed by atoms with E-state index in [9.17, 15) is 10.1 Å². The number of hydrogen-bond donors (Lipinski definition) is 1. The highest BCUT2D eigenvalue weighted by atomic mass is 35.5. The van der Waals surface area contributed by atoms with Gasteiger partial charge in [0.2, 0.25) is 0 Å². The molecule has 0 radical (unpaired) electrons. The number of benzene rings is 2. The Kier molecular flexibility index (Phi) is 5.17. The summed E-state index contributed by atoms with van der Waals surface area (Å²) >= 11 is 7.32. The number of hydrogen-bond acceptors (Lipinski definition) is 6. The lowest BCUT2D eigenvalue weighted by atomic mass is 10.1. The van der Waals surface area contributed by atoms with Crippen LogP contribution in [0.3, 0.4) is 0 Å². The molecule has 0 fully saturated rings. The minimum absolute atomic E-state index is 0.391. The van der Waals surface area contributed by atoms with Gasteiger partial charge in [0, 0.05) is 45.4 Å². The van der Waals surface area contributed by atoms with Gasteiger partial charge in [-0.05, 0) is 36.8 Å². The molecule has 0 unspecified atom stereocenters. The number of aryl methyl sites for hydroxylation is 1. The molecule has 0 saturated carbocycles. The number of anilines is 1. The maximum Gasteiger partial charge on any atom is 0.336 e. The average molecular weight is 420 g/mol. The Balaban J connectivity index is 1.60. The van der Waals surface area contributed by atoms with Gasteiger partial charge in [0.15, 0.2) is 0 Å². The molecule has 0 bridgehead atoms. The molecule has 4 aromatic rings. The highest BCUT2D eigenvalue weighted by Gasteiger charge is 2.09. The van der Waals surface area contributed by atoms with E-state index in [-0.39, 0.29) is 0 Å². The number of nitrogens with zero attached hydrogens (tertiary/aromatic N) is 2. The standard InChI is InChI=1S/C22H14ClN3O2S/c1-13-8-21(27)28-20-9-17(6-7-18(13)20)25-11-15(10-24)22-26-19(12-29-22)14-2-4-16(23)5-3-14/h2-9,11-12,25H,1H3/b15-11-. The van der Waals surface area contributed by atoms with Crippen LogP contribution < -0.4 is 10.9 Å². The van der Waals surface area contributed by atoms with Crippen molar-refractivity contribution >= 4 is 45.2 Å². The van der Waals surface area contributed by atoms with Crippen LogP contribution in [-0.2, 0) is 0 Å². The van der Waals surface area contributed by atoms with Crippen molar-refractivity contribution in [1.82, 2.24) is 4.98 Å². The number of nitrogens with one attached hydrogen (secondary N) is 1. The lowest BCUT2D eigenvalue weighted by Crippen LogP contribution is -1.98. The zero-order valence-electron chi connectivity index (χ0n) is 15.3. The van der Waals surface area contributed by atoms with Gasteiger partial charge in [-0.2, -0.15) is 5.26 Å². The van der Waals surface area contributed by atoms with Crippen LogP contribution in [0.25, 0.3) is 27.8 Å². The number of halogens is 1. The molecule has 2 aromatic heterocycles. The van der Waals surface area contributed by atoms with Crippen molar-refractivity contribution in [3.05, 3.63) is 86.1 Å². The van der Waals surface area contributed by atoms with Crippen molar-refractivity contribution in [2.75, 3.05) is 5.32 Å². The highest BCUT2D eigenvalue weighted by Crippen LogP contribution is 2.27. The molecule has 2 aromatic carbocycles. The number of rotatable bonds is 4. The van der Waals surface area contributed by atoms with Gasteiger partial charge < -0.3 is 9.73 Å². The van der Waals surface area contributed by atoms with Gasteiger partial charge >= 0.3 is 5.63 Å². The molecule has 2 heterocycles. The number of allylic oxidation sites excluding steroid dienone is 1. The van der Waals surface area contributed by atoms with Gasteiger partial charge in [0.05, 0.1) is 5.69 Å². The normalized spacial score (nSPS) is 11.4. The van der Waals surface area contributed by atoms with Gasteiger partial charge in [0.25, 0.3) is 0 Å². The number of fused-ring (bicyclic) bond motifs is 1. The predicted molar refractivity (Wildman–Crippen MR) is 117 cm³/mol. The van der Waals surface area contributed by atoms with Crippen molar-refractivity contribution in [3.8, 4) is 17.3 Å². The van der Waals surface area contributed by atoms with E-state index in [2.05, 4.69) is 16.4 Å². The summed E-state index contributed by atoms with van der Waals surface area (Å²) in [5.41, 5.74) is 3.78. The van der Waals surface area contributed by atoms with E-state index in [1.165, 1.54) is 17.4 Å². The molecule has 29 heavy (non-hydrogen) atoms. The lowest BCUT2D eigenvalue weighted by Gasteiger charge is -2.05. The van der Waals surface area contributed by atoms with Gasteiger partial charge in [-0.25, -0.2) is 9.78 Å². The smallest absolute Gasteiger partial charge is 0.336 e. The van der Waals surface area contributed by atoms with E-state index < -0.39 is 5.63 Å². The second-order valence-electron chi connectivity index (χ2n) is 6.32. The molecule has 0 aliphatic carbocycles. The summed E-state index contributed by atoms with van der Waals surface area (Å²) in [5, 5.41) is 16.7. The lowest BCUT2D eigenvalue weighted by molar-refractivity contribution is 0.560. The Bertz CT molecular complexity index is 1330. The number of nitriles is 1. The van der Waals surface area contributed by atoms with E-state index in [0.29, 0.717) is 26.9 Å². The van der Waals surface area contributed by atoms with E-state index in [1.54, 1.807) is 24.4 Å². The molecule has 0 aliphatic heterocycles. The van der Waals surface area contributed by atoms with Crippen LogP contribution in [0.4, 0.5) is 5.69 Å².